The summed E-state index contributed by atoms with van der Waals surface area (Å²) >= 11 is 0. The predicted octanol–water partition coefficient (Wildman–Crippen LogP) is 2.21. The monoisotopic (exact) mass is 273 g/mol. The molecule has 5 heteroatoms. The fourth-order valence-electron chi connectivity index (χ4n) is 2.70. The van der Waals surface area contributed by atoms with Crippen LogP contribution in [0.3, 0.4) is 0 Å². The molecule has 5 nitrogen and oxygen atoms in total. The number of carbonyl (C=O) groups is 2. The number of carboxylic acids is 2. The van der Waals surface area contributed by atoms with Gasteiger partial charge in [-0.15, -0.1) is 0 Å². The highest BCUT2D eigenvalue weighted by Gasteiger charge is 2.29. The lowest BCUT2D eigenvalue weighted by Crippen LogP contribution is -2.42. The van der Waals surface area contributed by atoms with Crippen LogP contribution in [0.2, 0.25) is 0 Å². The molecule has 112 valence electrons. The molecule has 0 aromatic heterocycles. The number of nitrogens with one attached hydrogen (secondary N) is 1. The van der Waals surface area contributed by atoms with Crippen LogP contribution < -0.4 is 5.32 Å². The van der Waals surface area contributed by atoms with Crippen molar-refractivity contribution in [3.8, 4) is 0 Å². The molecule has 0 aromatic carbocycles. The third-order valence-corrected chi connectivity index (χ3v) is 3.67. The van der Waals surface area contributed by atoms with E-state index in [2.05, 4.69) is 33.0 Å². The van der Waals surface area contributed by atoms with Gasteiger partial charge in [0.15, 0.2) is 0 Å². The molecule has 0 aliphatic heterocycles. The third kappa shape index (κ3) is 7.15. The zero-order valence-corrected chi connectivity index (χ0v) is 12.3. The molecule has 19 heavy (non-hydrogen) atoms. The largest absolute Gasteiger partial charge is 0.473 e. The van der Waals surface area contributed by atoms with Gasteiger partial charge in [-0.25, -0.2) is 9.59 Å². The van der Waals surface area contributed by atoms with Gasteiger partial charge in [-0.3, -0.25) is 0 Å². The van der Waals surface area contributed by atoms with E-state index in [0.717, 1.165) is 30.3 Å². The summed E-state index contributed by atoms with van der Waals surface area (Å²) in [4.78, 5) is 18.2. The Morgan fingerprint density at radius 1 is 1.21 bits per heavy atom. The Hall–Kier alpha value is -1.10. The molecule has 1 saturated carbocycles. The molecule has 1 aliphatic carbocycles. The van der Waals surface area contributed by atoms with Crippen LogP contribution in [0.4, 0.5) is 0 Å². The lowest BCUT2D eigenvalue weighted by molar-refractivity contribution is -0.159. The fraction of sp³-hybridized carbons (Fsp3) is 0.857. The molecule has 0 spiro atoms. The van der Waals surface area contributed by atoms with Gasteiger partial charge in [0.05, 0.1) is 0 Å². The summed E-state index contributed by atoms with van der Waals surface area (Å²) in [6.07, 6.45) is 4.25. The summed E-state index contributed by atoms with van der Waals surface area (Å²) in [5, 5.41) is 18.4. The molecule has 3 atom stereocenters. The first-order chi connectivity index (χ1) is 8.79. The second kappa shape index (κ2) is 8.91. The Balaban J connectivity index is 0.000000459. The first kappa shape index (κ1) is 17.9. The molecule has 1 fully saturated rings. The van der Waals surface area contributed by atoms with E-state index >= 15 is 0 Å². The van der Waals surface area contributed by atoms with E-state index in [-0.39, 0.29) is 0 Å². The van der Waals surface area contributed by atoms with Gasteiger partial charge < -0.3 is 15.5 Å². The molecule has 0 aromatic rings. The maximum Gasteiger partial charge on any atom is 0.414 e. The molecular formula is C14H27NO4. The quantitative estimate of drug-likeness (QED) is 0.686. The van der Waals surface area contributed by atoms with Crippen LogP contribution >= 0.6 is 0 Å². The average Bonchev–Trinajstić information content (AvgIpc) is 2.29. The first-order valence-electron chi connectivity index (χ1n) is 6.99. The minimum atomic E-state index is -1.82. The summed E-state index contributed by atoms with van der Waals surface area (Å²) in [5.74, 6) is -0.961. The molecule has 1 aliphatic rings. The minimum absolute atomic E-state index is 0.786. The lowest BCUT2D eigenvalue weighted by Gasteiger charge is -2.37. The smallest absolute Gasteiger partial charge is 0.414 e. The summed E-state index contributed by atoms with van der Waals surface area (Å²) in [6.45, 7) is 10.5. The van der Waals surface area contributed by atoms with Crippen molar-refractivity contribution >= 4 is 11.9 Å². The molecule has 0 radical (unpaired) electrons. The van der Waals surface area contributed by atoms with E-state index < -0.39 is 11.9 Å². The number of hydrogen-bond donors (Lipinski definition) is 3. The number of rotatable bonds is 3. The van der Waals surface area contributed by atoms with Gasteiger partial charge in [-0.1, -0.05) is 34.1 Å². The van der Waals surface area contributed by atoms with Crippen LogP contribution in [-0.2, 0) is 9.59 Å². The highest BCUT2D eigenvalue weighted by Crippen LogP contribution is 2.33. The standard InChI is InChI=1S/C12H25N.C2H2O4/c1-5-13-12-8-10(4)6-7-11(12)9(2)3;3-1(4)2(5)6/h9-13H,5-8H2,1-4H3;(H,3,4)(H,5,6). The van der Waals surface area contributed by atoms with Crippen molar-refractivity contribution in [3.63, 3.8) is 0 Å². The van der Waals surface area contributed by atoms with Crippen LogP contribution in [0, 0.1) is 17.8 Å². The second-order valence-electron chi connectivity index (χ2n) is 5.60. The van der Waals surface area contributed by atoms with Gasteiger partial charge in [-0.05, 0) is 37.1 Å². The third-order valence-electron chi connectivity index (χ3n) is 3.67. The highest BCUT2D eigenvalue weighted by molar-refractivity contribution is 6.27. The van der Waals surface area contributed by atoms with E-state index in [1.165, 1.54) is 19.3 Å². The molecule has 0 bridgehead atoms. The Labute approximate surface area is 115 Å². The molecule has 1 rings (SSSR count). The van der Waals surface area contributed by atoms with Gasteiger partial charge in [-0.2, -0.15) is 0 Å². The first-order valence-corrected chi connectivity index (χ1v) is 6.99. The molecule has 0 saturated heterocycles. The number of hydrogen-bond acceptors (Lipinski definition) is 3. The fourth-order valence-corrected chi connectivity index (χ4v) is 2.70. The number of carboxylic acid groups (broad SMARTS) is 2. The molecule has 0 heterocycles. The molecule has 3 N–H and O–H groups in total. The Bertz CT molecular complexity index is 279. The van der Waals surface area contributed by atoms with Gasteiger partial charge in [0.1, 0.15) is 0 Å². The van der Waals surface area contributed by atoms with Crippen molar-refractivity contribution in [2.45, 2.75) is 53.0 Å². The van der Waals surface area contributed by atoms with Crippen LogP contribution in [0.5, 0.6) is 0 Å². The van der Waals surface area contributed by atoms with Gasteiger partial charge in [0.2, 0.25) is 0 Å². The van der Waals surface area contributed by atoms with Crippen LogP contribution in [-0.4, -0.2) is 34.7 Å². The molecular weight excluding hydrogens is 246 g/mol. The normalized spacial score (nSPS) is 26.5. The summed E-state index contributed by atoms with van der Waals surface area (Å²) in [7, 11) is 0. The minimum Gasteiger partial charge on any atom is -0.473 e. The van der Waals surface area contributed by atoms with E-state index in [0.29, 0.717) is 0 Å². The van der Waals surface area contributed by atoms with Crippen molar-refractivity contribution in [3.05, 3.63) is 0 Å². The topological polar surface area (TPSA) is 86.6 Å². The van der Waals surface area contributed by atoms with E-state index in [1.807, 2.05) is 0 Å². The Morgan fingerprint density at radius 2 is 1.74 bits per heavy atom. The van der Waals surface area contributed by atoms with Crippen molar-refractivity contribution < 1.29 is 19.8 Å². The molecule has 0 amide bonds. The van der Waals surface area contributed by atoms with E-state index in [1.54, 1.807) is 0 Å². The predicted molar refractivity (Wildman–Crippen MR) is 74.1 cm³/mol. The van der Waals surface area contributed by atoms with Crippen molar-refractivity contribution in [1.82, 2.24) is 5.32 Å². The average molecular weight is 273 g/mol. The van der Waals surface area contributed by atoms with Crippen molar-refractivity contribution in [2.75, 3.05) is 6.54 Å². The number of aliphatic carboxylic acids is 2. The van der Waals surface area contributed by atoms with E-state index in [4.69, 9.17) is 19.8 Å². The maximum absolute atomic E-state index is 9.10. The SMILES string of the molecule is CCNC1CC(C)CCC1C(C)C.O=C(O)C(=O)O. The Kier molecular flexibility index (Phi) is 8.39. The lowest BCUT2D eigenvalue weighted by atomic mass is 9.74. The van der Waals surface area contributed by atoms with Crippen molar-refractivity contribution in [2.24, 2.45) is 17.8 Å². The summed E-state index contributed by atoms with van der Waals surface area (Å²) < 4.78 is 0. The zero-order valence-electron chi connectivity index (χ0n) is 12.3. The maximum atomic E-state index is 9.10. The van der Waals surface area contributed by atoms with Crippen LogP contribution in [0.1, 0.15) is 47.0 Å². The Morgan fingerprint density at radius 3 is 2.11 bits per heavy atom. The molecule has 3 unspecified atom stereocenters. The van der Waals surface area contributed by atoms with Gasteiger partial charge >= 0.3 is 11.9 Å². The van der Waals surface area contributed by atoms with Crippen molar-refractivity contribution in [1.29, 1.82) is 0 Å². The summed E-state index contributed by atoms with van der Waals surface area (Å²) in [6, 6.07) is 0.786. The highest BCUT2D eigenvalue weighted by atomic mass is 16.4. The second-order valence-corrected chi connectivity index (χ2v) is 5.60. The van der Waals surface area contributed by atoms with E-state index in [9.17, 15) is 0 Å². The van der Waals surface area contributed by atoms with Crippen LogP contribution in [0.15, 0.2) is 0 Å². The summed E-state index contributed by atoms with van der Waals surface area (Å²) in [5.41, 5.74) is 0. The zero-order chi connectivity index (χ0) is 15.0. The van der Waals surface area contributed by atoms with Gasteiger partial charge in [0.25, 0.3) is 0 Å². The van der Waals surface area contributed by atoms with Crippen LogP contribution in [0.25, 0.3) is 0 Å². The van der Waals surface area contributed by atoms with Gasteiger partial charge in [0, 0.05) is 6.04 Å².